The molecule has 5 nitrogen and oxygen atoms in total. The summed E-state index contributed by atoms with van der Waals surface area (Å²) >= 11 is 0. The molecular formula is C15H21N3O2. The molecule has 2 aromatic rings. The van der Waals surface area contributed by atoms with E-state index in [1.807, 2.05) is 37.4 Å². The molecular weight excluding hydrogens is 254 g/mol. The summed E-state index contributed by atoms with van der Waals surface area (Å²) in [5.74, 6) is 2.26. The van der Waals surface area contributed by atoms with Crippen molar-refractivity contribution in [2.24, 2.45) is 0 Å². The van der Waals surface area contributed by atoms with Crippen molar-refractivity contribution < 1.29 is 9.26 Å². The lowest BCUT2D eigenvalue weighted by Gasteiger charge is -2.17. The van der Waals surface area contributed by atoms with Gasteiger partial charge in [-0.05, 0) is 32.5 Å². The van der Waals surface area contributed by atoms with Crippen molar-refractivity contribution >= 4 is 0 Å². The van der Waals surface area contributed by atoms with Crippen LogP contribution >= 0.6 is 0 Å². The second kappa shape index (κ2) is 7.05. The van der Waals surface area contributed by atoms with Gasteiger partial charge < -0.3 is 14.6 Å². The molecule has 1 N–H and O–H groups in total. The van der Waals surface area contributed by atoms with Gasteiger partial charge in [-0.2, -0.15) is 4.98 Å². The molecule has 1 heterocycles. The van der Waals surface area contributed by atoms with E-state index in [4.69, 9.17) is 9.26 Å². The third-order valence-electron chi connectivity index (χ3n) is 3.41. The average Bonchev–Trinajstić information content (AvgIpc) is 2.95. The van der Waals surface area contributed by atoms with Gasteiger partial charge in [0, 0.05) is 6.04 Å². The van der Waals surface area contributed by atoms with Crippen LogP contribution in [0.5, 0.6) is 5.75 Å². The van der Waals surface area contributed by atoms with Crippen LogP contribution in [0.15, 0.2) is 34.9 Å². The monoisotopic (exact) mass is 275 g/mol. The molecule has 20 heavy (non-hydrogen) atoms. The van der Waals surface area contributed by atoms with Gasteiger partial charge in [-0.25, -0.2) is 0 Å². The van der Waals surface area contributed by atoms with Crippen LogP contribution in [-0.4, -0.2) is 23.2 Å². The Morgan fingerprint density at radius 3 is 2.70 bits per heavy atom. The number of hydrogen-bond acceptors (Lipinski definition) is 5. The second-order valence-corrected chi connectivity index (χ2v) is 4.74. The van der Waals surface area contributed by atoms with Crippen molar-refractivity contribution in [3.05, 3.63) is 42.0 Å². The molecule has 5 heteroatoms. The van der Waals surface area contributed by atoms with Crippen LogP contribution in [0.2, 0.25) is 0 Å². The van der Waals surface area contributed by atoms with Crippen molar-refractivity contribution in [2.75, 3.05) is 7.05 Å². The maximum atomic E-state index is 5.60. The number of para-hydroxylation sites is 1. The predicted molar refractivity (Wildman–Crippen MR) is 76.6 cm³/mol. The van der Waals surface area contributed by atoms with E-state index < -0.39 is 0 Å². The first kappa shape index (κ1) is 14.5. The topological polar surface area (TPSA) is 60.2 Å². The lowest BCUT2D eigenvalue weighted by molar-refractivity contribution is 0.281. The molecule has 0 saturated carbocycles. The molecule has 108 valence electrons. The Morgan fingerprint density at radius 1 is 1.30 bits per heavy atom. The Morgan fingerprint density at radius 2 is 2.05 bits per heavy atom. The molecule has 0 saturated heterocycles. The SMILES string of the molecule is CCC(c1nc(COc2ccccc2)no1)C(C)NC. The minimum absolute atomic E-state index is 0.220. The number of nitrogens with one attached hydrogen (secondary N) is 1. The number of nitrogens with zero attached hydrogens (tertiary/aromatic N) is 2. The van der Waals surface area contributed by atoms with Crippen molar-refractivity contribution in [2.45, 2.75) is 38.8 Å². The fourth-order valence-corrected chi connectivity index (χ4v) is 2.08. The first-order valence-electron chi connectivity index (χ1n) is 6.92. The Balaban J connectivity index is 1.98. The van der Waals surface area contributed by atoms with Crippen LogP contribution in [0.4, 0.5) is 0 Å². The van der Waals surface area contributed by atoms with Crippen LogP contribution in [0.25, 0.3) is 0 Å². The van der Waals surface area contributed by atoms with E-state index in [1.165, 1.54) is 0 Å². The summed E-state index contributed by atoms with van der Waals surface area (Å²) in [7, 11) is 1.93. The highest BCUT2D eigenvalue weighted by atomic mass is 16.5. The van der Waals surface area contributed by atoms with Crippen LogP contribution in [0, 0.1) is 0 Å². The standard InChI is InChI=1S/C15H21N3O2/c1-4-13(11(2)16-3)15-17-14(18-20-15)10-19-12-8-6-5-7-9-12/h5-9,11,13,16H,4,10H2,1-3H3. The first-order valence-corrected chi connectivity index (χ1v) is 6.92. The van der Waals surface area contributed by atoms with Crippen LogP contribution < -0.4 is 10.1 Å². The summed E-state index contributed by atoms with van der Waals surface area (Å²) in [6.45, 7) is 4.54. The molecule has 1 aromatic heterocycles. The highest BCUT2D eigenvalue weighted by Gasteiger charge is 2.22. The molecule has 0 bridgehead atoms. The molecule has 2 rings (SSSR count). The Labute approximate surface area is 119 Å². The van der Waals surface area contributed by atoms with Crippen molar-refractivity contribution in [1.29, 1.82) is 0 Å². The Hall–Kier alpha value is -1.88. The molecule has 0 spiro atoms. The van der Waals surface area contributed by atoms with Crippen LogP contribution in [0.3, 0.4) is 0 Å². The molecule has 0 aliphatic rings. The summed E-state index contributed by atoms with van der Waals surface area (Å²) in [5, 5.41) is 7.20. The van der Waals surface area contributed by atoms with Gasteiger partial charge in [-0.15, -0.1) is 0 Å². The summed E-state index contributed by atoms with van der Waals surface area (Å²) in [6.07, 6.45) is 0.948. The minimum atomic E-state index is 0.220. The van der Waals surface area contributed by atoms with Crippen molar-refractivity contribution in [3.63, 3.8) is 0 Å². The zero-order valence-corrected chi connectivity index (χ0v) is 12.2. The van der Waals surface area contributed by atoms with E-state index >= 15 is 0 Å². The molecule has 1 aromatic carbocycles. The molecule has 0 amide bonds. The van der Waals surface area contributed by atoms with E-state index in [1.54, 1.807) is 0 Å². The molecule has 0 aliphatic heterocycles. The highest BCUT2D eigenvalue weighted by Crippen LogP contribution is 2.21. The van der Waals surface area contributed by atoms with Gasteiger partial charge in [0.25, 0.3) is 0 Å². The van der Waals surface area contributed by atoms with Crippen LogP contribution in [0.1, 0.15) is 37.9 Å². The number of likely N-dealkylation sites (N-methyl/N-ethyl adjacent to an activating group) is 1. The third kappa shape index (κ3) is 3.57. The van der Waals surface area contributed by atoms with Gasteiger partial charge in [-0.1, -0.05) is 30.3 Å². The van der Waals surface area contributed by atoms with Crippen LogP contribution in [-0.2, 0) is 6.61 Å². The average molecular weight is 275 g/mol. The van der Waals surface area contributed by atoms with Gasteiger partial charge in [0.05, 0.1) is 5.92 Å². The Bertz CT molecular complexity index is 513. The molecule has 2 unspecified atom stereocenters. The summed E-state index contributed by atoms with van der Waals surface area (Å²) in [5.41, 5.74) is 0. The largest absolute Gasteiger partial charge is 0.485 e. The summed E-state index contributed by atoms with van der Waals surface area (Å²) in [6, 6.07) is 9.91. The van der Waals surface area contributed by atoms with E-state index in [0.717, 1.165) is 12.2 Å². The van der Waals surface area contributed by atoms with Gasteiger partial charge in [-0.3, -0.25) is 0 Å². The number of rotatable bonds is 7. The molecule has 0 aliphatic carbocycles. The normalized spacial score (nSPS) is 13.9. The Kier molecular flexibility index (Phi) is 5.12. The lowest BCUT2D eigenvalue weighted by Crippen LogP contribution is -2.28. The van der Waals surface area contributed by atoms with Gasteiger partial charge in [0.2, 0.25) is 11.7 Å². The third-order valence-corrected chi connectivity index (χ3v) is 3.41. The molecule has 0 radical (unpaired) electrons. The quantitative estimate of drug-likeness (QED) is 0.842. The van der Waals surface area contributed by atoms with Crippen molar-refractivity contribution in [3.8, 4) is 5.75 Å². The molecule has 0 fully saturated rings. The number of hydrogen-bond donors (Lipinski definition) is 1. The van der Waals surface area contributed by atoms with Crippen molar-refractivity contribution in [1.82, 2.24) is 15.5 Å². The first-order chi connectivity index (χ1) is 9.74. The van der Waals surface area contributed by atoms with E-state index in [0.29, 0.717) is 24.4 Å². The van der Waals surface area contributed by atoms with Gasteiger partial charge in [0.1, 0.15) is 5.75 Å². The maximum absolute atomic E-state index is 5.60. The predicted octanol–water partition coefficient (Wildman–Crippen LogP) is 2.75. The lowest BCUT2D eigenvalue weighted by atomic mass is 9.98. The van der Waals surface area contributed by atoms with E-state index in [9.17, 15) is 0 Å². The minimum Gasteiger partial charge on any atom is -0.485 e. The smallest absolute Gasteiger partial charge is 0.231 e. The van der Waals surface area contributed by atoms with E-state index in [2.05, 4.69) is 29.3 Å². The van der Waals surface area contributed by atoms with Gasteiger partial charge >= 0.3 is 0 Å². The second-order valence-electron chi connectivity index (χ2n) is 4.74. The zero-order valence-electron chi connectivity index (χ0n) is 12.2. The summed E-state index contributed by atoms with van der Waals surface area (Å²) < 4.78 is 11.0. The number of ether oxygens (including phenoxy) is 1. The highest BCUT2D eigenvalue weighted by molar-refractivity contribution is 5.20. The number of aromatic nitrogens is 2. The summed E-state index contributed by atoms with van der Waals surface area (Å²) in [4.78, 5) is 4.42. The fraction of sp³-hybridized carbons (Fsp3) is 0.467. The molecule has 2 atom stereocenters. The fourth-order valence-electron chi connectivity index (χ4n) is 2.08. The maximum Gasteiger partial charge on any atom is 0.231 e. The number of benzene rings is 1. The van der Waals surface area contributed by atoms with E-state index in [-0.39, 0.29) is 5.92 Å². The van der Waals surface area contributed by atoms with Gasteiger partial charge in [0.15, 0.2) is 6.61 Å². The zero-order chi connectivity index (χ0) is 14.4.